The summed E-state index contributed by atoms with van der Waals surface area (Å²) in [5.41, 5.74) is 0.128. The molecular formula is C19H18N4O4S. The highest BCUT2D eigenvalue weighted by atomic mass is 32.2. The van der Waals surface area contributed by atoms with Gasteiger partial charge in [0.15, 0.2) is 5.82 Å². The van der Waals surface area contributed by atoms with Crippen molar-refractivity contribution >= 4 is 34.5 Å². The molecule has 4 rings (SSSR count). The summed E-state index contributed by atoms with van der Waals surface area (Å²) in [6, 6.07) is 8.12. The predicted molar refractivity (Wildman–Crippen MR) is 102 cm³/mol. The molecule has 144 valence electrons. The van der Waals surface area contributed by atoms with Gasteiger partial charge < -0.3 is 9.64 Å². The standard InChI is InChI=1S/C19H18N4O4S/c1-19-7-6-16(24)23(19)14(11-28-19)18(26)27-10-15-21-13-5-3-2-4-12(13)17(25)22(15)9-8-20/h2-5,14H,6-7,9-11H2,1H3. The molecule has 2 aliphatic heterocycles. The number of carbonyl (C=O) groups excluding carboxylic acids is 2. The van der Waals surface area contributed by atoms with Crippen molar-refractivity contribution in [2.75, 3.05) is 5.75 Å². The molecule has 8 nitrogen and oxygen atoms in total. The smallest absolute Gasteiger partial charge is 0.330 e. The average Bonchev–Trinajstić information content (AvgIpc) is 3.18. The fourth-order valence-electron chi connectivity index (χ4n) is 3.79. The van der Waals surface area contributed by atoms with Crippen LogP contribution in [0.2, 0.25) is 0 Å². The van der Waals surface area contributed by atoms with E-state index in [4.69, 9.17) is 10.00 Å². The Kier molecular flexibility index (Phi) is 4.59. The van der Waals surface area contributed by atoms with Crippen LogP contribution in [0.25, 0.3) is 10.9 Å². The summed E-state index contributed by atoms with van der Waals surface area (Å²) >= 11 is 1.58. The molecule has 2 unspecified atom stereocenters. The van der Waals surface area contributed by atoms with E-state index in [-0.39, 0.29) is 35.3 Å². The minimum atomic E-state index is -0.637. The Morgan fingerprint density at radius 1 is 1.43 bits per heavy atom. The molecule has 0 aliphatic carbocycles. The van der Waals surface area contributed by atoms with Gasteiger partial charge in [-0.3, -0.25) is 14.2 Å². The summed E-state index contributed by atoms with van der Waals surface area (Å²) in [4.78, 5) is 43.2. The summed E-state index contributed by atoms with van der Waals surface area (Å²) in [6.45, 7) is 1.54. The number of amides is 1. The highest BCUT2D eigenvalue weighted by molar-refractivity contribution is 8.01. The first kappa shape index (κ1) is 18.5. The van der Waals surface area contributed by atoms with Crippen LogP contribution in [-0.4, -0.2) is 43.0 Å². The number of ether oxygens (including phenoxy) is 1. The number of nitriles is 1. The van der Waals surface area contributed by atoms with E-state index in [9.17, 15) is 14.4 Å². The van der Waals surface area contributed by atoms with Gasteiger partial charge in [0.25, 0.3) is 5.56 Å². The molecule has 9 heteroatoms. The minimum Gasteiger partial charge on any atom is -0.456 e. The lowest BCUT2D eigenvalue weighted by Gasteiger charge is -2.29. The van der Waals surface area contributed by atoms with Gasteiger partial charge in [-0.05, 0) is 25.5 Å². The van der Waals surface area contributed by atoms with Crippen molar-refractivity contribution < 1.29 is 14.3 Å². The molecule has 1 aromatic carbocycles. The second-order valence-electron chi connectivity index (χ2n) is 6.97. The van der Waals surface area contributed by atoms with Crippen LogP contribution >= 0.6 is 11.8 Å². The third-order valence-corrected chi connectivity index (χ3v) is 6.74. The number of carbonyl (C=O) groups is 2. The molecule has 2 aromatic rings. The van der Waals surface area contributed by atoms with Crippen LogP contribution in [0.1, 0.15) is 25.6 Å². The van der Waals surface area contributed by atoms with E-state index in [0.29, 0.717) is 29.5 Å². The molecule has 2 aliphatic rings. The second kappa shape index (κ2) is 6.95. The number of benzene rings is 1. The monoisotopic (exact) mass is 398 g/mol. The number of thioether (sulfide) groups is 1. The van der Waals surface area contributed by atoms with E-state index in [1.54, 1.807) is 40.9 Å². The van der Waals surface area contributed by atoms with Gasteiger partial charge in [0.1, 0.15) is 19.2 Å². The summed E-state index contributed by atoms with van der Waals surface area (Å²) in [7, 11) is 0. The van der Waals surface area contributed by atoms with Crippen molar-refractivity contribution in [2.24, 2.45) is 0 Å². The minimum absolute atomic E-state index is 0.0420. The molecule has 0 saturated carbocycles. The highest BCUT2D eigenvalue weighted by Crippen LogP contribution is 2.47. The molecule has 2 atom stereocenters. The van der Waals surface area contributed by atoms with Crippen LogP contribution in [0.5, 0.6) is 0 Å². The van der Waals surface area contributed by atoms with Crippen LogP contribution in [-0.2, 0) is 27.5 Å². The van der Waals surface area contributed by atoms with Crippen LogP contribution in [0, 0.1) is 11.3 Å². The topological polar surface area (TPSA) is 105 Å². The van der Waals surface area contributed by atoms with Gasteiger partial charge >= 0.3 is 5.97 Å². The molecule has 0 bridgehead atoms. The molecule has 2 saturated heterocycles. The van der Waals surface area contributed by atoms with Gasteiger partial charge in [0.2, 0.25) is 5.91 Å². The maximum Gasteiger partial charge on any atom is 0.330 e. The molecule has 0 N–H and O–H groups in total. The molecule has 0 radical (unpaired) electrons. The van der Waals surface area contributed by atoms with E-state index < -0.39 is 12.0 Å². The van der Waals surface area contributed by atoms with Crippen molar-refractivity contribution in [3.8, 4) is 6.07 Å². The van der Waals surface area contributed by atoms with Crippen LogP contribution in [0.15, 0.2) is 29.1 Å². The fourth-order valence-corrected chi connectivity index (χ4v) is 5.20. The molecule has 0 spiro atoms. The SMILES string of the molecule is CC12CCC(=O)N1C(C(=O)OCc1nc3ccccc3c(=O)n1CC#N)CS2. The molecule has 1 amide bonds. The summed E-state index contributed by atoms with van der Waals surface area (Å²) in [6.07, 6.45) is 1.15. The normalized spacial score (nSPS) is 23.6. The Labute approximate surface area is 165 Å². The Balaban J connectivity index is 1.58. The van der Waals surface area contributed by atoms with Gasteiger partial charge in [0.05, 0.1) is 21.8 Å². The summed E-state index contributed by atoms with van der Waals surface area (Å²) < 4.78 is 6.64. The number of esters is 1. The Morgan fingerprint density at radius 3 is 3.00 bits per heavy atom. The predicted octanol–water partition coefficient (Wildman–Crippen LogP) is 1.42. The van der Waals surface area contributed by atoms with E-state index in [1.807, 2.05) is 13.0 Å². The lowest BCUT2D eigenvalue weighted by Crippen LogP contribution is -2.46. The van der Waals surface area contributed by atoms with Crippen LogP contribution in [0.4, 0.5) is 0 Å². The van der Waals surface area contributed by atoms with Crippen molar-refractivity contribution in [1.82, 2.24) is 14.5 Å². The number of para-hydroxylation sites is 1. The maximum absolute atomic E-state index is 12.7. The zero-order chi connectivity index (χ0) is 19.9. The van der Waals surface area contributed by atoms with Crippen molar-refractivity contribution in [3.05, 3.63) is 40.4 Å². The van der Waals surface area contributed by atoms with E-state index >= 15 is 0 Å². The maximum atomic E-state index is 12.7. The first-order valence-electron chi connectivity index (χ1n) is 8.93. The highest BCUT2D eigenvalue weighted by Gasteiger charge is 2.53. The number of hydrogen-bond acceptors (Lipinski definition) is 7. The Morgan fingerprint density at radius 2 is 2.21 bits per heavy atom. The fraction of sp³-hybridized carbons (Fsp3) is 0.421. The van der Waals surface area contributed by atoms with Crippen LogP contribution < -0.4 is 5.56 Å². The number of hydrogen-bond donors (Lipinski definition) is 0. The van der Waals surface area contributed by atoms with Gasteiger partial charge in [-0.2, -0.15) is 5.26 Å². The molecule has 2 fully saturated rings. The first-order chi connectivity index (χ1) is 13.4. The summed E-state index contributed by atoms with van der Waals surface area (Å²) in [5.74, 6) is 0.133. The zero-order valence-electron chi connectivity index (χ0n) is 15.3. The Bertz CT molecular complexity index is 1080. The van der Waals surface area contributed by atoms with Gasteiger partial charge in [-0.25, -0.2) is 9.78 Å². The molecular weight excluding hydrogens is 380 g/mol. The van der Waals surface area contributed by atoms with Gasteiger partial charge in [-0.1, -0.05) is 12.1 Å². The van der Waals surface area contributed by atoms with Gasteiger partial charge in [-0.15, -0.1) is 11.8 Å². The number of rotatable bonds is 4. The lowest BCUT2D eigenvalue weighted by atomic mass is 10.2. The van der Waals surface area contributed by atoms with E-state index in [2.05, 4.69) is 4.98 Å². The van der Waals surface area contributed by atoms with Crippen molar-refractivity contribution in [2.45, 2.75) is 43.8 Å². The number of fused-ring (bicyclic) bond motifs is 2. The van der Waals surface area contributed by atoms with Gasteiger partial charge in [0, 0.05) is 12.2 Å². The zero-order valence-corrected chi connectivity index (χ0v) is 16.1. The third kappa shape index (κ3) is 2.94. The summed E-state index contributed by atoms with van der Waals surface area (Å²) in [5, 5.41) is 9.46. The molecule has 1 aromatic heterocycles. The van der Waals surface area contributed by atoms with E-state index in [0.717, 1.165) is 0 Å². The lowest BCUT2D eigenvalue weighted by molar-refractivity contribution is -0.155. The van der Waals surface area contributed by atoms with E-state index in [1.165, 1.54) is 4.57 Å². The van der Waals surface area contributed by atoms with Crippen molar-refractivity contribution in [1.29, 1.82) is 5.26 Å². The van der Waals surface area contributed by atoms with Crippen molar-refractivity contribution in [3.63, 3.8) is 0 Å². The third-order valence-electron chi connectivity index (χ3n) is 5.23. The number of nitrogens with zero attached hydrogens (tertiary/aromatic N) is 4. The second-order valence-corrected chi connectivity index (χ2v) is 8.47. The first-order valence-corrected chi connectivity index (χ1v) is 9.91. The quantitative estimate of drug-likeness (QED) is 0.717. The largest absolute Gasteiger partial charge is 0.456 e. The molecule has 3 heterocycles. The average molecular weight is 398 g/mol. The molecule has 28 heavy (non-hydrogen) atoms. The Hall–Kier alpha value is -2.86. The van der Waals surface area contributed by atoms with Crippen LogP contribution in [0.3, 0.4) is 0 Å². The number of aromatic nitrogens is 2.